The van der Waals surface area contributed by atoms with Crippen molar-refractivity contribution in [1.82, 2.24) is 20.2 Å². The summed E-state index contributed by atoms with van der Waals surface area (Å²) in [6, 6.07) is -1.94. The van der Waals surface area contributed by atoms with Crippen molar-refractivity contribution in [3.63, 3.8) is 0 Å². The number of carbonyl (C=O) groups excluding carboxylic acids is 2. The van der Waals surface area contributed by atoms with E-state index in [0.29, 0.717) is 6.42 Å². The molecule has 3 aliphatic rings. The number of rotatable bonds is 23. The number of carbonyl (C=O) groups is 2. The van der Waals surface area contributed by atoms with Crippen LogP contribution in [0.1, 0.15) is 117 Å². The fourth-order valence-corrected chi connectivity index (χ4v) is 8.04. The summed E-state index contributed by atoms with van der Waals surface area (Å²) in [4.78, 5) is 51.3. The molecule has 2 amide bonds. The van der Waals surface area contributed by atoms with E-state index < -0.39 is 128 Å². The molecule has 0 aliphatic carbocycles. The molecule has 3 aliphatic heterocycles. The lowest BCUT2D eigenvalue weighted by Gasteiger charge is -2.47. The summed E-state index contributed by atoms with van der Waals surface area (Å²) >= 11 is 0. The van der Waals surface area contributed by atoms with Gasteiger partial charge in [-0.15, -0.1) is 0 Å². The van der Waals surface area contributed by atoms with E-state index in [9.17, 15) is 60.0 Å². The predicted octanol–water partition coefficient (Wildman–Crippen LogP) is -1.47. The monoisotopic (exact) mass is 860 g/mol. The van der Waals surface area contributed by atoms with Crippen LogP contribution in [0.2, 0.25) is 0 Å². The third-order valence-corrected chi connectivity index (χ3v) is 11.5. The standard InChI is InChI=1S/C40H68N4O16/c1-21(2)15-13-11-9-7-5-4-6-8-10-12-14-16-26(48)42-29-33(53)30(50)24(57-39(29)60-38-28(41-22(3)46)32(52)31(51)25(20-45)58-38)19-23(47)36-34(54)35(55)37(59-36)44-18-17-27(49)43-40(44)56/h17-18,21,23-25,28-39,45,47,50-55H,4-16,19-20H2,1-3H3,(H,41,46)(H,42,48)(H,43,49,56). The van der Waals surface area contributed by atoms with E-state index in [4.69, 9.17) is 18.9 Å². The van der Waals surface area contributed by atoms with Gasteiger partial charge in [-0.3, -0.25) is 23.9 Å². The number of H-pyrrole nitrogens is 1. The highest BCUT2D eigenvalue weighted by Crippen LogP contribution is 2.34. The van der Waals surface area contributed by atoms with E-state index in [1.54, 1.807) is 0 Å². The fraction of sp³-hybridized carbons (Fsp3) is 0.850. The Morgan fingerprint density at radius 3 is 1.83 bits per heavy atom. The molecule has 4 heterocycles. The summed E-state index contributed by atoms with van der Waals surface area (Å²) in [6.45, 7) is 4.86. The second-order valence-electron chi connectivity index (χ2n) is 16.8. The molecule has 20 nitrogen and oxygen atoms in total. The number of amides is 2. The summed E-state index contributed by atoms with van der Waals surface area (Å²) in [5.74, 6) is -0.408. The number of nitrogens with one attached hydrogen (secondary N) is 3. The lowest BCUT2D eigenvalue weighted by molar-refractivity contribution is -0.347. The third kappa shape index (κ3) is 13.8. The van der Waals surface area contributed by atoms with Crippen LogP contribution in [0.15, 0.2) is 21.9 Å². The Morgan fingerprint density at radius 1 is 0.750 bits per heavy atom. The molecule has 0 radical (unpaired) electrons. The van der Waals surface area contributed by atoms with Gasteiger partial charge in [-0.1, -0.05) is 84.5 Å². The van der Waals surface area contributed by atoms with Crippen LogP contribution < -0.4 is 21.9 Å². The van der Waals surface area contributed by atoms with Crippen molar-refractivity contribution in [2.75, 3.05) is 6.61 Å². The minimum absolute atomic E-state index is 0.0648. The smallest absolute Gasteiger partial charge is 0.330 e. The minimum Gasteiger partial charge on any atom is -0.394 e. The highest BCUT2D eigenvalue weighted by atomic mass is 16.8. The van der Waals surface area contributed by atoms with E-state index in [1.807, 2.05) is 4.98 Å². The van der Waals surface area contributed by atoms with Crippen LogP contribution in [0.4, 0.5) is 0 Å². The molecule has 20 heteroatoms. The van der Waals surface area contributed by atoms with Crippen molar-refractivity contribution >= 4 is 11.8 Å². The maximum atomic E-state index is 13.3. The number of unbranched alkanes of at least 4 members (excludes halogenated alkanes) is 10. The number of ether oxygens (including phenoxy) is 4. The topological polar surface area (TPSA) is 312 Å². The number of aromatic nitrogens is 2. The zero-order valence-electron chi connectivity index (χ0n) is 34.8. The molecule has 15 unspecified atom stereocenters. The Bertz CT molecular complexity index is 1580. The largest absolute Gasteiger partial charge is 0.394 e. The van der Waals surface area contributed by atoms with Gasteiger partial charge < -0.3 is 70.4 Å². The summed E-state index contributed by atoms with van der Waals surface area (Å²) in [5, 5.41) is 91.7. The Hall–Kier alpha value is -2.86. The van der Waals surface area contributed by atoms with E-state index >= 15 is 0 Å². The predicted molar refractivity (Wildman–Crippen MR) is 212 cm³/mol. The maximum Gasteiger partial charge on any atom is 0.330 e. The van der Waals surface area contributed by atoms with Crippen LogP contribution in [0, 0.1) is 5.92 Å². The Morgan fingerprint density at radius 2 is 1.28 bits per heavy atom. The molecule has 1 aromatic rings. The number of hydrogen-bond acceptors (Lipinski definition) is 16. The van der Waals surface area contributed by atoms with Gasteiger partial charge in [-0.25, -0.2) is 4.79 Å². The summed E-state index contributed by atoms with van der Waals surface area (Å²) < 4.78 is 24.2. The van der Waals surface area contributed by atoms with Crippen LogP contribution in [-0.2, 0) is 28.5 Å². The summed E-state index contributed by atoms with van der Waals surface area (Å²) in [6.07, 6.45) is -7.98. The van der Waals surface area contributed by atoms with Gasteiger partial charge in [0.2, 0.25) is 11.8 Å². The molecule has 0 bridgehead atoms. The molecule has 3 saturated heterocycles. The molecule has 1 aromatic heterocycles. The molecule has 4 rings (SSSR count). The maximum absolute atomic E-state index is 13.3. The molecule has 60 heavy (non-hydrogen) atoms. The van der Waals surface area contributed by atoms with Gasteiger partial charge in [-0.05, 0) is 12.3 Å². The average Bonchev–Trinajstić information content (AvgIpc) is 3.49. The number of aromatic amines is 1. The fourth-order valence-electron chi connectivity index (χ4n) is 8.04. The quantitative estimate of drug-likeness (QED) is 0.0560. The van der Waals surface area contributed by atoms with Crippen molar-refractivity contribution in [2.24, 2.45) is 5.92 Å². The first-order valence-corrected chi connectivity index (χ1v) is 21.4. The van der Waals surface area contributed by atoms with Crippen LogP contribution in [0.3, 0.4) is 0 Å². The summed E-state index contributed by atoms with van der Waals surface area (Å²) in [7, 11) is 0. The van der Waals surface area contributed by atoms with Gasteiger partial charge in [0.05, 0.1) is 18.8 Å². The highest BCUT2D eigenvalue weighted by Gasteiger charge is 2.53. The highest BCUT2D eigenvalue weighted by molar-refractivity contribution is 5.76. The first-order valence-electron chi connectivity index (χ1n) is 21.4. The first kappa shape index (κ1) is 49.8. The van der Waals surface area contributed by atoms with Gasteiger partial charge in [0.1, 0.15) is 60.9 Å². The second-order valence-corrected chi connectivity index (χ2v) is 16.8. The number of hydrogen-bond donors (Lipinski definition) is 11. The van der Waals surface area contributed by atoms with Crippen molar-refractivity contribution < 1.29 is 69.4 Å². The zero-order valence-corrected chi connectivity index (χ0v) is 34.8. The average molecular weight is 861 g/mol. The lowest BCUT2D eigenvalue weighted by Crippen LogP contribution is -2.69. The van der Waals surface area contributed by atoms with Gasteiger partial charge in [0.15, 0.2) is 18.8 Å². The molecular weight excluding hydrogens is 792 g/mol. The Kier molecular flexibility index (Phi) is 20.0. The minimum atomic E-state index is -1.82. The van der Waals surface area contributed by atoms with Crippen molar-refractivity contribution in [2.45, 2.75) is 203 Å². The molecule has 11 N–H and O–H groups in total. The van der Waals surface area contributed by atoms with Crippen molar-refractivity contribution in [3.05, 3.63) is 33.1 Å². The SMILES string of the molecule is CC(=O)NC1C(OC2OC(CC(O)C3OC(n4ccc(=O)[nH]c4=O)C(O)C3O)C(O)C(O)C2NC(=O)CCCCCCCCCCCCCC(C)C)OC(CO)C(O)C1O. The van der Waals surface area contributed by atoms with Crippen LogP contribution in [-0.4, -0.2) is 155 Å². The van der Waals surface area contributed by atoms with E-state index in [-0.39, 0.29) is 6.42 Å². The number of aliphatic hydroxyl groups is 8. The molecule has 0 aromatic carbocycles. The number of nitrogens with zero attached hydrogens (tertiary/aromatic N) is 1. The molecule has 15 atom stereocenters. The second kappa shape index (κ2) is 24.1. The van der Waals surface area contributed by atoms with Crippen molar-refractivity contribution in [3.8, 4) is 0 Å². The molecule has 0 spiro atoms. The third-order valence-electron chi connectivity index (χ3n) is 11.5. The van der Waals surface area contributed by atoms with Gasteiger partial charge >= 0.3 is 5.69 Å². The number of aliphatic hydroxyl groups excluding tert-OH is 8. The van der Waals surface area contributed by atoms with Crippen LogP contribution in [0.25, 0.3) is 0 Å². The van der Waals surface area contributed by atoms with E-state index in [1.165, 1.54) is 44.9 Å². The van der Waals surface area contributed by atoms with Crippen molar-refractivity contribution in [1.29, 1.82) is 0 Å². The molecule has 3 fully saturated rings. The van der Waals surface area contributed by atoms with E-state index in [0.717, 1.165) is 55.4 Å². The summed E-state index contributed by atoms with van der Waals surface area (Å²) in [5.41, 5.74) is -1.67. The van der Waals surface area contributed by atoms with Gasteiger partial charge in [-0.2, -0.15) is 0 Å². The van der Waals surface area contributed by atoms with E-state index in [2.05, 4.69) is 24.5 Å². The Balaban J connectivity index is 1.39. The van der Waals surface area contributed by atoms with Gasteiger partial charge in [0.25, 0.3) is 5.56 Å². The Labute approximate surface area is 349 Å². The first-order chi connectivity index (χ1) is 28.5. The molecular formula is C40H68N4O16. The molecule has 0 saturated carbocycles. The molecule has 344 valence electrons. The van der Waals surface area contributed by atoms with Crippen LogP contribution in [0.5, 0.6) is 0 Å². The zero-order chi connectivity index (χ0) is 44.1. The normalized spacial score (nSPS) is 33.8. The van der Waals surface area contributed by atoms with Gasteiger partial charge in [0, 0.05) is 32.0 Å². The van der Waals surface area contributed by atoms with Crippen LogP contribution >= 0.6 is 0 Å². The lowest BCUT2D eigenvalue weighted by atomic mass is 9.91.